The van der Waals surface area contributed by atoms with E-state index in [0.717, 1.165) is 6.07 Å². The highest BCUT2D eigenvalue weighted by Crippen LogP contribution is 2.28. The molecular formula is C13H18ClFN2O3S. The lowest BCUT2D eigenvalue weighted by Gasteiger charge is -2.32. The molecule has 0 saturated carbocycles. The fourth-order valence-corrected chi connectivity index (χ4v) is 4.36. The summed E-state index contributed by atoms with van der Waals surface area (Å²) in [6.07, 6.45) is 0. The van der Waals surface area contributed by atoms with Gasteiger partial charge in [-0.3, -0.25) is 0 Å². The van der Waals surface area contributed by atoms with Gasteiger partial charge in [0.25, 0.3) is 0 Å². The number of ether oxygens (including phenoxy) is 1. The molecule has 1 aromatic rings. The maximum absolute atomic E-state index is 14.5. The molecule has 1 atom stereocenters. The summed E-state index contributed by atoms with van der Waals surface area (Å²) >= 11 is 5.94. The van der Waals surface area contributed by atoms with Gasteiger partial charge in [-0.15, -0.1) is 0 Å². The zero-order valence-electron chi connectivity index (χ0n) is 11.9. The van der Waals surface area contributed by atoms with E-state index in [0.29, 0.717) is 13.2 Å². The van der Waals surface area contributed by atoms with E-state index in [1.807, 2.05) is 0 Å². The van der Waals surface area contributed by atoms with E-state index >= 15 is 0 Å². The number of halogens is 2. The third-order valence-corrected chi connectivity index (χ3v) is 5.57. The van der Waals surface area contributed by atoms with E-state index in [-0.39, 0.29) is 34.6 Å². The smallest absolute Gasteiger partial charge is 0.246 e. The lowest BCUT2D eigenvalue weighted by molar-refractivity contribution is 0.0392. The molecule has 1 unspecified atom stereocenters. The summed E-state index contributed by atoms with van der Waals surface area (Å²) in [6, 6.07) is 2.25. The second-order valence-electron chi connectivity index (χ2n) is 4.95. The van der Waals surface area contributed by atoms with E-state index in [9.17, 15) is 12.8 Å². The van der Waals surface area contributed by atoms with Crippen LogP contribution in [0.4, 0.5) is 4.39 Å². The van der Waals surface area contributed by atoms with Crippen molar-refractivity contribution in [1.82, 2.24) is 9.62 Å². The molecule has 118 valence electrons. The van der Waals surface area contributed by atoms with Crippen LogP contribution in [0.5, 0.6) is 0 Å². The van der Waals surface area contributed by atoms with E-state index in [4.69, 9.17) is 16.3 Å². The van der Waals surface area contributed by atoms with Gasteiger partial charge in [-0.25, -0.2) is 12.8 Å². The number of rotatable bonds is 4. The molecule has 2 rings (SSSR count). The number of hydrogen-bond acceptors (Lipinski definition) is 4. The maximum atomic E-state index is 14.5. The van der Waals surface area contributed by atoms with Crippen molar-refractivity contribution in [3.63, 3.8) is 0 Å². The highest BCUT2D eigenvalue weighted by molar-refractivity contribution is 7.89. The molecule has 1 aliphatic rings. The molecule has 5 nitrogen and oxygen atoms in total. The Kier molecular flexibility index (Phi) is 5.21. The van der Waals surface area contributed by atoms with Gasteiger partial charge in [-0.05, 0) is 26.1 Å². The third-order valence-electron chi connectivity index (χ3n) is 3.34. The first-order valence-corrected chi connectivity index (χ1v) is 8.42. The van der Waals surface area contributed by atoms with Crippen LogP contribution in [0.15, 0.2) is 17.0 Å². The molecule has 0 aromatic heterocycles. The molecule has 8 heteroatoms. The Hall–Kier alpha value is -0.730. The summed E-state index contributed by atoms with van der Waals surface area (Å²) in [5, 5.41) is 2.99. The van der Waals surface area contributed by atoms with E-state index in [1.54, 1.807) is 14.0 Å². The Morgan fingerprint density at radius 1 is 1.52 bits per heavy atom. The number of nitrogens with zero attached hydrogens (tertiary/aromatic N) is 1. The van der Waals surface area contributed by atoms with Crippen LogP contribution in [0, 0.1) is 5.82 Å². The van der Waals surface area contributed by atoms with Crippen LogP contribution in [0.25, 0.3) is 0 Å². The Morgan fingerprint density at radius 3 is 2.86 bits per heavy atom. The van der Waals surface area contributed by atoms with E-state index in [2.05, 4.69) is 5.32 Å². The minimum Gasteiger partial charge on any atom is -0.378 e. The zero-order valence-corrected chi connectivity index (χ0v) is 13.5. The van der Waals surface area contributed by atoms with Crippen LogP contribution in [-0.2, 0) is 21.3 Å². The van der Waals surface area contributed by atoms with Crippen LogP contribution in [-0.4, -0.2) is 45.6 Å². The first-order chi connectivity index (χ1) is 9.87. The Bertz CT molecular complexity index is 624. The Morgan fingerprint density at radius 2 is 2.24 bits per heavy atom. The summed E-state index contributed by atoms with van der Waals surface area (Å²) in [4.78, 5) is -0.381. The van der Waals surface area contributed by atoms with Crippen molar-refractivity contribution >= 4 is 21.6 Å². The zero-order chi connectivity index (χ0) is 15.6. The molecule has 0 bridgehead atoms. The second-order valence-corrected chi connectivity index (χ2v) is 7.24. The summed E-state index contributed by atoms with van der Waals surface area (Å²) in [5.74, 6) is -0.757. The fourth-order valence-electron chi connectivity index (χ4n) is 2.32. The van der Waals surface area contributed by atoms with Crippen LogP contribution in [0.2, 0.25) is 5.02 Å². The highest BCUT2D eigenvalue weighted by Gasteiger charge is 2.34. The molecule has 1 aromatic carbocycles. The summed E-state index contributed by atoms with van der Waals surface area (Å²) < 4.78 is 46.3. The summed E-state index contributed by atoms with van der Waals surface area (Å²) in [6.45, 7) is 2.73. The predicted molar refractivity (Wildman–Crippen MR) is 78.3 cm³/mol. The van der Waals surface area contributed by atoms with Crippen LogP contribution in [0.3, 0.4) is 0 Å². The number of sulfonamides is 1. The molecule has 1 saturated heterocycles. The number of nitrogens with one attached hydrogen (secondary N) is 1. The molecule has 0 spiro atoms. The van der Waals surface area contributed by atoms with Gasteiger partial charge < -0.3 is 10.1 Å². The molecule has 1 aliphatic heterocycles. The second kappa shape index (κ2) is 6.58. The molecule has 21 heavy (non-hydrogen) atoms. The van der Waals surface area contributed by atoms with Gasteiger partial charge in [0.2, 0.25) is 10.0 Å². The topological polar surface area (TPSA) is 58.6 Å². The first kappa shape index (κ1) is 16.6. The fraction of sp³-hybridized carbons (Fsp3) is 0.538. The SMILES string of the molecule is CNCc1cc(Cl)cc(S(=O)(=O)N2CCOCC2C)c1F. The van der Waals surface area contributed by atoms with Crippen molar-refractivity contribution in [3.05, 3.63) is 28.5 Å². The lowest BCUT2D eigenvalue weighted by atomic mass is 10.2. The molecule has 1 heterocycles. The van der Waals surface area contributed by atoms with Gasteiger partial charge in [0.1, 0.15) is 10.7 Å². The van der Waals surface area contributed by atoms with Crippen molar-refractivity contribution in [2.24, 2.45) is 0 Å². The van der Waals surface area contributed by atoms with Gasteiger partial charge >= 0.3 is 0 Å². The monoisotopic (exact) mass is 336 g/mol. The van der Waals surface area contributed by atoms with Crippen LogP contribution in [0.1, 0.15) is 12.5 Å². The van der Waals surface area contributed by atoms with Crippen molar-refractivity contribution in [1.29, 1.82) is 0 Å². The minimum absolute atomic E-state index is 0.195. The minimum atomic E-state index is -3.94. The molecule has 0 amide bonds. The molecule has 1 N–H and O–H groups in total. The van der Waals surface area contributed by atoms with E-state index < -0.39 is 15.8 Å². The predicted octanol–water partition coefficient (Wildman–Crippen LogP) is 1.61. The van der Waals surface area contributed by atoms with Gasteiger partial charge in [0.05, 0.1) is 13.2 Å². The average molecular weight is 337 g/mol. The Balaban J connectivity index is 2.49. The van der Waals surface area contributed by atoms with Crippen LogP contribution < -0.4 is 5.32 Å². The summed E-state index contributed by atoms with van der Waals surface area (Å²) in [5.41, 5.74) is 0.226. The van der Waals surface area contributed by atoms with Crippen LogP contribution >= 0.6 is 11.6 Å². The summed E-state index contributed by atoms with van der Waals surface area (Å²) in [7, 11) is -2.29. The van der Waals surface area contributed by atoms with Crippen molar-refractivity contribution in [3.8, 4) is 0 Å². The molecule has 0 radical (unpaired) electrons. The van der Waals surface area contributed by atoms with Gasteiger partial charge in [-0.1, -0.05) is 11.6 Å². The number of hydrogen-bond donors (Lipinski definition) is 1. The Labute approximate surface area is 129 Å². The third kappa shape index (κ3) is 3.37. The lowest BCUT2D eigenvalue weighted by Crippen LogP contribution is -2.47. The van der Waals surface area contributed by atoms with Gasteiger partial charge in [-0.2, -0.15) is 4.31 Å². The van der Waals surface area contributed by atoms with Gasteiger partial charge in [0.15, 0.2) is 0 Å². The number of morpholine rings is 1. The average Bonchev–Trinajstić information content (AvgIpc) is 2.43. The molecule has 1 fully saturated rings. The van der Waals surface area contributed by atoms with Crippen molar-refractivity contribution in [2.45, 2.75) is 24.4 Å². The van der Waals surface area contributed by atoms with Crippen molar-refractivity contribution in [2.75, 3.05) is 26.8 Å². The largest absolute Gasteiger partial charge is 0.378 e. The standard InChI is InChI=1S/C13H18ClFN2O3S/c1-9-8-20-4-3-17(9)21(18,19)12-6-11(14)5-10(7-16-2)13(12)15/h5-6,9,16H,3-4,7-8H2,1-2H3. The van der Waals surface area contributed by atoms with Crippen molar-refractivity contribution < 1.29 is 17.5 Å². The number of benzene rings is 1. The molecule has 0 aliphatic carbocycles. The quantitative estimate of drug-likeness (QED) is 0.907. The normalized spacial score (nSPS) is 20.7. The first-order valence-electron chi connectivity index (χ1n) is 6.60. The molecular weight excluding hydrogens is 319 g/mol. The van der Waals surface area contributed by atoms with E-state index in [1.165, 1.54) is 10.4 Å². The highest BCUT2D eigenvalue weighted by atomic mass is 35.5. The maximum Gasteiger partial charge on any atom is 0.246 e. The van der Waals surface area contributed by atoms with Gasteiger partial charge in [0, 0.05) is 29.7 Å².